The molecule has 1 aromatic carbocycles. The maximum atomic E-state index is 11.8. The monoisotopic (exact) mass is 334 g/mol. The average molecular weight is 334 g/mol. The number of carbonyl (C=O) groups excluding carboxylic acids is 1. The Balaban J connectivity index is 2.11. The summed E-state index contributed by atoms with van der Waals surface area (Å²) in [6.07, 6.45) is 0.168. The van der Waals surface area contributed by atoms with E-state index in [-0.39, 0.29) is 18.1 Å². The summed E-state index contributed by atoms with van der Waals surface area (Å²) in [6.45, 7) is 12.4. The van der Waals surface area contributed by atoms with Gasteiger partial charge in [-0.1, -0.05) is 12.1 Å². The lowest BCUT2D eigenvalue weighted by Gasteiger charge is -2.41. The molecule has 5 heteroatoms. The predicted molar refractivity (Wildman–Crippen MR) is 95.3 cm³/mol. The number of amides is 1. The average Bonchev–Trinajstić information content (AvgIpc) is 2.55. The third-order valence-corrected chi connectivity index (χ3v) is 4.30. The molecule has 0 N–H and O–H groups in total. The van der Waals surface area contributed by atoms with E-state index >= 15 is 0 Å². The topological polar surface area (TPSA) is 42.0 Å². The largest absolute Gasteiger partial charge is 0.491 e. The first-order chi connectivity index (χ1) is 11.5. The molecular formula is C19H30N2O3. The number of nitrogens with zero attached hydrogens (tertiary/aromatic N) is 2. The molecule has 0 saturated carbocycles. The van der Waals surface area contributed by atoms with Crippen LogP contribution in [0.15, 0.2) is 24.3 Å². The van der Waals surface area contributed by atoms with Crippen LogP contribution >= 0.6 is 0 Å². The van der Waals surface area contributed by atoms with Crippen LogP contribution in [0.1, 0.15) is 39.3 Å². The van der Waals surface area contributed by atoms with Crippen LogP contribution in [0.2, 0.25) is 0 Å². The number of rotatable bonds is 7. The van der Waals surface area contributed by atoms with E-state index in [0.29, 0.717) is 0 Å². The molecule has 1 amide bonds. The molecule has 134 valence electrons. The van der Waals surface area contributed by atoms with Crippen molar-refractivity contribution in [1.29, 1.82) is 0 Å². The van der Waals surface area contributed by atoms with Gasteiger partial charge in [-0.15, -0.1) is 0 Å². The molecule has 1 aromatic rings. The van der Waals surface area contributed by atoms with Crippen molar-refractivity contribution >= 4 is 5.91 Å². The second-order valence-corrected chi connectivity index (χ2v) is 6.45. The van der Waals surface area contributed by atoms with Crippen molar-refractivity contribution in [3.8, 4) is 5.75 Å². The Morgan fingerprint density at radius 1 is 1.25 bits per heavy atom. The zero-order valence-electron chi connectivity index (χ0n) is 15.3. The number of hydrogen-bond acceptors (Lipinski definition) is 4. The lowest BCUT2D eigenvalue weighted by molar-refractivity contribution is -0.132. The van der Waals surface area contributed by atoms with Crippen LogP contribution in [-0.2, 0) is 9.53 Å². The van der Waals surface area contributed by atoms with Gasteiger partial charge in [-0.25, -0.2) is 0 Å². The standard InChI is InChI=1S/C19H30N2O3/c1-5-23-13-12-20-10-11-21(16(4)22)14-19(20)17-6-8-18(9-7-17)24-15(2)3/h6-9,15,19H,5,10-14H2,1-4H3. The maximum Gasteiger partial charge on any atom is 0.219 e. The van der Waals surface area contributed by atoms with Crippen molar-refractivity contribution in [3.63, 3.8) is 0 Å². The van der Waals surface area contributed by atoms with Crippen LogP contribution in [-0.4, -0.2) is 61.2 Å². The van der Waals surface area contributed by atoms with Gasteiger partial charge in [-0.3, -0.25) is 9.69 Å². The van der Waals surface area contributed by atoms with E-state index < -0.39 is 0 Å². The van der Waals surface area contributed by atoms with Crippen LogP contribution in [0.25, 0.3) is 0 Å². The first-order valence-electron chi connectivity index (χ1n) is 8.85. The first-order valence-corrected chi connectivity index (χ1v) is 8.85. The Hall–Kier alpha value is -1.59. The van der Waals surface area contributed by atoms with Crippen LogP contribution in [0.3, 0.4) is 0 Å². The molecular weight excluding hydrogens is 304 g/mol. The van der Waals surface area contributed by atoms with Gasteiger partial charge in [0.15, 0.2) is 0 Å². The highest BCUT2D eigenvalue weighted by Crippen LogP contribution is 2.27. The fourth-order valence-corrected chi connectivity index (χ4v) is 3.06. The summed E-state index contributed by atoms with van der Waals surface area (Å²) in [5, 5.41) is 0. The first kappa shape index (κ1) is 18.7. The van der Waals surface area contributed by atoms with Crippen LogP contribution < -0.4 is 4.74 Å². The van der Waals surface area contributed by atoms with E-state index in [9.17, 15) is 4.79 Å². The Labute approximate surface area is 145 Å². The summed E-state index contributed by atoms with van der Waals surface area (Å²) in [5.74, 6) is 1.03. The van der Waals surface area contributed by atoms with E-state index in [4.69, 9.17) is 9.47 Å². The molecule has 1 aliphatic rings. The summed E-state index contributed by atoms with van der Waals surface area (Å²) < 4.78 is 11.2. The van der Waals surface area contributed by atoms with Crippen molar-refractivity contribution in [2.24, 2.45) is 0 Å². The summed E-state index contributed by atoms with van der Waals surface area (Å²) >= 11 is 0. The second-order valence-electron chi connectivity index (χ2n) is 6.45. The van der Waals surface area contributed by atoms with E-state index in [0.717, 1.165) is 45.1 Å². The summed E-state index contributed by atoms with van der Waals surface area (Å²) in [4.78, 5) is 16.1. The summed E-state index contributed by atoms with van der Waals surface area (Å²) in [7, 11) is 0. The fourth-order valence-electron chi connectivity index (χ4n) is 3.06. The van der Waals surface area contributed by atoms with Crippen molar-refractivity contribution in [2.75, 3.05) is 39.4 Å². The van der Waals surface area contributed by atoms with Crippen molar-refractivity contribution in [2.45, 2.75) is 39.8 Å². The molecule has 24 heavy (non-hydrogen) atoms. The molecule has 0 aromatic heterocycles. The van der Waals surface area contributed by atoms with Gasteiger partial charge < -0.3 is 14.4 Å². The quantitative estimate of drug-likeness (QED) is 0.719. The van der Waals surface area contributed by atoms with Gasteiger partial charge in [0.2, 0.25) is 5.91 Å². The number of carbonyl (C=O) groups is 1. The molecule has 1 atom stereocenters. The lowest BCUT2D eigenvalue weighted by atomic mass is 10.0. The second kappa shape index (κ2) is 9.04. The van der Waals surface area contributed by atoms with Gasteiger partial charge in [0.25, 0.3) is 0 Å². The lowest BCUT2D eigenvalue weighted by Crippen LogP contribution is -2.50. The summed E-state index contributed by atoms with van der Waals surface area (Å²) in [6, 6.07) is 8.46. The molecule has 5 nitrogen and oxygen atoms in total. The van der Waals surface area contributed by atoms with E-state index in [1.165, 1.54) is 5.56 Å². The Morgan fingerprint density at radius 3 is 2.54 bits per heavy atom. The zero-order valence-corrected chi connectivity index (χ0v) is 15.3. The molecule has 1 aliphatic heterocycles. The minimum absolute atomic E-state index is 0.143. The molecule has 0 bridgehead atoms. The van der Waals surface area contributed by atoms with Crippen LogP contribution in [0.4, 0.5) is 0 Å². The Morgan fingerprint density at radius 2 is 1.96 bits per heavy atom. The number of piperazine rings is 1. The molecule has 0 radical (unpaired) electrons. The number of ether oxygens (including phenoxy) is 2. The zero-order chi connectivity index (χ0) is 17.5. The molecule has 0 aliphatic carbocycles. The van der Waals surface area contributed by atoms with E-state index in [1.54, 1.807) is 6.92 Å². The highest BCUT2D eigenvalue weighted by atomic mass is 16.5. The van der Waals surface area contributed by atoms with E-state index in [2.05, 4.69) is 17.0 Å². The molecule has 1 fully saturated rings. The van der Waals surface area contributed by atoms with Gasteiger partial charge in [-0.05, 0) is 38.5 Å². The van der Waals surface area contributed by atoms with Crippen LogP contribution in [0.5, 0.6) is 5.75 Å². The van der Waals surface area contributed by atoms with Gasteiger partial charge in [-0.2, -0.15) is 0 Å². The van der Waals surface area contributed by atoms with Gasteiger partial charge in [0.05, 0.1) is 18.8 Å². The van der Waals surface area contributed by atoms with Gasteiger partial charge in [0, 0.05) is 39.7 Å². The summed E-state index contributed by atoms with van der Waals surface area (Å²) in [5.41, 5.74) is 1.22. The van der Waals surface area contributed by atoms with Gasteiger partial charge >= 0.3 is 0 Å². The smallest absolute Gasteiger partial charge is 0.219 e. The van der Waals surface area contributed by atoms with Crippen molar-refractivity contribution in [1.82, 2.24) is 9.80 Å². The SMILES string of the molecule is CCOCCN1CCN(C(C)=O)CC1c1ccc(OC(C)C)cc1. The highest BCUT2D eigenvalue weighted by Gasteiger charge is 2.29. The molecule has 2 rings (SSSR count). The minimum atomic E-state index is 0.143. The Bertz CT molecular complexity index is 516. The minimum Gasteiger partial charge on any atom is -0.491 e. The third-order valence-electron chi connectivity index (χ3n) is 4.30. The third kappa shape index (κ3) is 5.21. The van der Waals surface area contributed by atoms with Crippen molar-refractivity contribution in [3.05, 3.63) is 29.8 Å². The fraction of sp³-hybridized carbons (Fsp3) is 0.632. The predicted octanol–water partition coefficient (Wildman–Crippen LogP) is 2.72. The Kier molecular flexibility index (Phi) is 7.06. The number of hydrogen-bond donors (Lipinski definition) is 0. The molecule has 0 spiro atoms. The normalized spacial score (nSPS) is 18.9. The van der Waals surface area contributed by atoms with Gasteiger partial charge in [0.1, 0.15) is 5.75 Å². The number of benzene rings is 1. The molecule has 1 unspecified atom stereocenters. The highest BCUT2D eigenvalue weighted by molar-refractivity contribution is 5.73. The maximum absolute atomic E-state index is 11.8. The molecule has 1 saturated heterocycles. The van der Waals surface area contributed by atoms with Crippen LogP contribution in [0, 0.1) is 0 Å². The molecule has 1 heterocycles. The van der Waals surface area contributed by atoms with Crippen molar-refractivity contribution < 1.29 is 14.3 Å². The van der Waals surface area contributed by atoms with E-state index in [1.807, 2.05) is 37.8 Å².